The standard InChI is InChI=1S/C48H53ClN10O6S/c1-48(2)15-13-33(40(26-48)31-3-5-34(49)6-4-31)29-55-17-19-56(20-18-55)36-9-11-39(43(24-36)58-44-23-32-14-16-50-46(32)53-42(44)28-52-58)47(60)54-66(63,64)38-10-12-41(45(25-38)59(61)62)51-27-37-30-57(21-22-65-37)35-7-8-35/h3-6,9-12,14,16,23-25,28,35,37,51H,7-8,13,15,17-22,26-27,29-30H2,1-2H3,(H,50,53)(H,54,60)/t37-/m1/s1. The first-order chi connectivity index (χ1) is 31.8. The third-order valence-electron chi connectivity index (χ3n) is 13.5. The van der Waals surface area contributed by atoms with Crippen molar-refractivity contribution < 1.29 is 22.9 Å². The Bertz CT molecular complexity index is 2970. The SMILES string of the molecule is CC1(C)CCC(CN2CCN(c3ccc(C(=O)NS(=O)(=O)c4ccc(NC[C@@H]5CN(C6CC6)CCO5)c([N+](=O)[O-])c4)c(-n4ncc5nc6[nH]ccc6cc54)c3)CC2)=C(c2ccc(Cl)cc2)C1. The van der Waals surface area contributed by atoms with Crippen molar-refractivity contribution in [2.24, 2.45) is 5.41 Å². The highest BCUT2D eigenvalue weighted by Crippen LogP contribution is 2.43. The fraction of sp³-hybridized carbons (Fsp3) is 0.396. The summed E-state index contributed by atoms with van der Waals surface area (Å²) in [6, 6.07) is 21.5. The van der Waals surface area contributed by atoms with Crippen LogP contribution in [0.2, 0.25) is 5.02 Å². The minimum Gasteiger partial charge on any atom is -0.377 e. The number of rotatable bonds is 13. The molecule has 66 heavy (non-hydrogen) atoms. The Hall–Kier alpha value is -5.85. The van der Waals surface area contributed by atoms with Crippen molar-refractivity contribution in [1.29, 1.82) is 0 Å². The van der Waals surface area contributed by atoms with E-state index < -0.39 is 31.4 Å². The van der Waals surface area contributed by atoms with Crippen LogP contribution in [0.3, 0.4) is 0 Å². The number of hydrogen-bond donors (Lipinski definition) is 3. The number of morpholine rings is 1. The van der Waals surface area contributed by atoms with E-state index in [1.54, 1.807) is 23.1 Å². The molecule has 3 aromatic carbocycles. The van der Waals surface area contributed by atoms with Gasteiger partial charge in [0, 0.05) is 86.8 Å². The van der Waals surface area contributed by atoms with Crippen LogP contribution in [0, 0.1) is 15.5 Å². The maximum Gasteiger partial charge on any atom is 0.293 e. The lowest BCUT2D eigenvalue weighted by atomic mass is 9.72. The first kappa shape index (κ1) is 44.0. The van der Waals surface area contributed by atoms with Gasteiger partial charge in [0.2, 0.25) is 0 Å². The number of halogens is 1. The molecule has 344 valence electrons. The molecule has 3 aromatic heterocycles. The van der Waals surface area contributed by atoms with Crippen LogP contribution in [0.25, 0.3) is 33.3 Å². The van der Waals surface area contributed by atoms with E-state index in [2.05, 4.69) is 60.8 Å². The minimum atomic E-state index is -4.59. The number of aromatic nitrogens is 4. The average molecular weight is 934 g/mol. The molecule has 2 aliphatic heterocycles. The Kier molecular flexibility index (Phi) is 11.8. The first-order valence-electron chi connectivity index (χ1n) is 22.6. The zero-order valence-electron chi connectivity index (χ0n) is 37.0. The van der Waals surface area contributed by atoms with Crippen LogP contribution in [0.1, 0.15) is 61.9 Å². The van der Waals surface area contributed by atoms with Crippen LogP contribution < -0.4 is 14.9 Å². The summed E-state index contributed by atoms with van der Waals surface area (Å²) in [5.41, 5.74) is 7.20. The van der Waals surface area contributed by atoms with Crippen LogP contribution in [-0.2, 0) is 14.8 Å². The van der Waals surface area contributed by atoms with E-state index in [1.807, 2.05) is 36.4 Å². The number of anilines is 2. The topological polar surface area (TPSA) is 184 Å². The molecular weight excluding hydrogens is 880 g/mol. The number of piperazine rings is 1. The van der Waals surface area contributed by atoms with Crippen LogP contribution >= 0.6 is 11.6 Å². The summed E-state index contributed by atoms with van der Waals surface area (Å²) in [6.45, 7) is 11.2. The maximum atomic E-state index is 14.3. The number of nitro groups is 1. The largest absolute Gasteiger partial charge is 0.377 e. The van der Waals surface area contributed by atoms with E-state index in [4.69, 9.17) is 21.3 Å². The Labute approximate surface area is 388 Å². The summed E-state index contributed by atoms with van der Waals surface area (Å²) in [7, 11) is -4.59. The zero-order valence-corrected chi connectivity index (χ0v) is 38.6. The summed E-state index contributed by atoms with van der Waals surface area (Å²) >= 11 is 6.26. The Morgan fingerprint density at radius 2 is 1.82 bits per heavy atom. The first-order valence-corrected chi connectivity index (χ1v) is 24.5. The predicted octanol–water partition coefficient (Wildman–Crippen LogP) is 7.64. The van der Waals surface area contributed by atoms with E-state index >= 15 is 0 Å². The molecule has 4 aliphatic rings. The summed E-state index contributed by atoms with van der Waals surface area (Å²) in [6.07, 6.45) is 8.77. The van der Waals surface area contributed by atoms with Crippen LogP contribution in [-0.4, -0.2) is 120 Å². The van der Waals surface area contributed by atoms with E-state index in [0.29, 0.717) is 41.6 Å². The van der Waals surface area contributed by atoms with Crippen molar-refractivity contribution in [3.63, 3.8) is 0 Å². The third kappa shape index (κ3) is 9.27. The second-order valence-corrected chi connectivity index (χ2v) is 20.8. The number of pyridine rings is 1. The number of benzene rings is 3. The number of carbonyl (C=O) groups excluding carboxylic acids is 1. The van der Waals surface area contributed by atoms with Crippen molar-refractivity contribution in [2.75, 3.05) is 69.2 Å². The number of aromatic amines is 1. The van der Waals surface area contributed by atoms with Crippen molar-refractivity contribution in [3.05, 3.63) is 117 Å². The maximum absolute atomic E-state index is 14.3. The molecule has 18 heteroatoms. The van der Waals surface area contributed by atoms with Gasteiger partial charge in [0.05, 0.1) is 45.5 Å². The molecule has 3 fully saturated rings. The Balaban J connectivity index is 0.894. The molecule has 0 radical (unpaired) electrons. The minimum absolute atomic E-state index is 0.0440. The molecule has 5 heterocycles. The average Bonchev–Trinajstić information content (AvgIpc) is 3.93. The molecule has 1 atom stereocenters. The number of sulfonamides is 1. The number of nitrogens with zero attached hydrogens (tertiary/aromatic N) is 7. The van der Waals surface area contributed by atoms with Crippen LogP contribution in [0.4, 0.5) is 17.1 Å². The summed E-state index contributed by atoms with van der Waals surface area (Å²) < 4.78 is 37.5. The molecule has 1 saturated carbocycles. The van der Waals surface area contributed by atoms with Gasteiger partial charge < -0.3 is 19.9 Å². The second-order valence-electron chi connectivity index (χ2n) is 18.7. The summed E-state index contributed by atoms with van der Waals surface area (Å²) in [5, 5.41) is 21.6. The van der Waals surface area contributed by atoms with E-state index in [9.17, 15) is 23.3 Å². The molecular formula is C48H53ClN10O6S. The van der Waals surface area contributed by atoms with Gasteiger partial charge in [-0.15, -0.1) is 0 Å². The number of amides is 1. The molecule has 0 bridgehead atoms. The number of nitro benzene ring substituents is 1. The highest BCUT2D eigenvalue weighted by Gasteiger charge is 2.34. The highest BCUT2D eigenvalue weighted by atomic mass is 35.5. The van der Waals surface area contributed by atoms with Gasteiger partial charge in [0.15, 0.2) is 0 Å². The zero-order chi connectivity index (χ0) is 45.7. The number of H-pyrrole nitrogens is 1. The molecule has 3 N–H and O–H groups in total. The fourth-order valence-corrected chi connectivity index (χ4v) is 10.8. The van der Waals surface area contributed by atoms with Gasteiger partial charge in [0.1, 0.15) is 16.9 Å². The van der Waals surface area contributed by atoms with Crippen molar-refractivity contribution in [3.8, 4) is 5.69 Å². The van der Waals surface area contributed by atoms with Gasteiger partial charge in [-0.1, -0.05) is 43.2 Å². The molecule has 6 aromatic rings. The quantitative estimate of drug-likeness (QED) is 0.0761. The smallest absolute Gasteiger partial charge is 0.293 e. The monoisotopic (exact) mass is 932 g/mol. The highest BCUT2D eigenvalue weighted by molar-refractivity contribution is 7.90. The molecule has 1 amide bonds. The van der Waals surface area contributed by atoms with Crippen molar-refractivity contribution in [2.45, 2.75) is 63.0 Å². The van der Waals surface area contributed by atoms with Gasteiger partial charge in [0.25, 0.3) is 21.6 Å². The predicted molar refractivity (Wildman–Crippen MR) is 256 cm³/mol. The van der Waals surface area contributed by atoms with Crippen molar-refractivity contribution >= 4 is 72.2 Å². The van der Waals surface area contributed by atoms with Gasteiger partial charge >= 0.3 is 0 Å². The second kappa shape index (κ2) is 17.8. The number of ether oxygens (including phenoxy) is 1. The summed E-state index contributed by atoms with van der Waals surface area (Å²) in [5.74, 6) is -0.916. The molecule has 0 spiro atoms. The Morgan fingerprint density at radius 1 is 1.02 bits per heavy atom. The van der Waals surface area contributed by atoms with Gasteiger partial charge in [-0.05, 0) is 103 Å². The third-order valence-corrected chi connectivity index (χ3v) is 15.1. The van der Waals surface area contributed by atoms with E-state index in [1.165, 1.54) is 41.7 Å². The fourth-order valence-electron chi connectivity index (χ4n) is 9.67. The summed E-state index contributed by atoms with van der Waals surface area (Å²) in [4.78, 5) is 40.5. The van der Waals surface area contributed by atoms with Crippen LogP contribution in [0.5, 0.6) is 0 Å². The van der Waals surface area contributed by atoms with Gasteiger partial charge in [-0.2, -0.15) is 5.10 Å². The Morgan fingerprint density at radius 3 is 2.59 bits per heavy atom. The number of nitrogens with one attached hydrogen (secondary N) is 3. The lowest BCUT2D eigenvalue weighted by Gasteiger charge is -2.39. The normalized spacial score (nSPS) is 19.7. The van der Waals surface area contributed by atoms with E-state index in [0.717, 1.165) is 87.2 Å². The van der Waals surface area contributed by atoms with E-state index in [-0.39, 0.29) is 22.8 Å². The van der Waals surface area contributed by atoms with Gasteiger partial charge in [-0.25, -0.2) is 22.8 Å². The molecule has 10 rings (SSSR count). The number of fused-ring (bicyclic) bond motifs is 2. The molecule has 0 unspecified atom stereocenters. The number of allylic oxidation sites excluding steroid dienone is 1. The molecule has 2 saturated heterocycles. The molecule has 2 aliphatic carbocycles. The lowest BCUT2D eigenvalue weighted by molar-refractivity contribution is -0.384. The van der Waals surface area contributed by atoms with Gasteiger partial charge in [-0.3, -0.25) is 24.7 Å². The number of hydrogen-bond acceptors (Lipinski definition) is 12. The number of carbonyl (C=O) groups is 1. The van der Waals surface area contributed by atoms with Crippen LogP contribution in [0.15, 0.2) is 95.7 Å². The lowest BCUT2D eigenvalue weighted by Crippen LogP contribution is -2.47. The molecule has 16 nitrogen and oxygen atoms in total. The van der Waals surface area contributed by atoms with Crippen molar-refractivity contribution in [1.82, 2.24) is 34.3 Å².